The first-order valence-corrected chi connectivity index (χ1v) is 9.54. The summed E-state index contributed by atoms with van der Waals surface area (Å²) in [6.45, 7) is 0.392. The van der Waals surface area contributed by atoms with Crippen molar-refractivity contribution in [3.8, 4) is 0 Å². The van der Waals surface area contributed by atoms with E-state index < -0.39 is 34.1 Å². The number of carbonyl (C=O) groups excluding carboxylic acids is 2. The van der Waals surface area contributed by atoms with Gasteiger partial charge in [-0.3, -0.25) is 24.3 Å². The standard InChI is InChI=1S/C20H16F2N4O6/c21-14-3-1-12(9-15(14)22)19(28)24-7-5-23(6-8-24)18(27)11-25-16-4-2-13(26(30)31)10-17(16)32-20(25)29/h1-4,9-10H,5-8,11H2. The molecule has 1 aromatic heterocycles. The van der Waals surface area contributed by atoms with Crippen molar-refractivity contribution in [2.75, 3.05) is 26.2 Å². The van der Waals surface area contributed by atoms with Crippen molar-refractivity contribution in [2.24, 2.45) is 0 Å². The molecule has 2 heterocycles. The second-order valence-electron chi connectivity index (χ2n) is 7.17. The summed E-state index contributed by atoms with van der Waals surface area (Å²) < 4.78 is 32.6. The first-order chi connectivity index (χ1) is 15.2. The van der Waals surface area contributed by atoms with Crippen molar-refractivity contribution in [3.05, 3.63) is 74.3 Å². The van der Waals surface area contributed by atoms with Gasteiger partial charge < -0.3 is 14.2 Å². The highest BCUT2D eigenvalue weighted by Gasteiger charge is 2.26. The Labute approximate surface area is 178 Å². The van der Waals surface area contributed by atoms with E-state index in [2.05, 4.69) is 0 Å². The highest BCUT2D eigenvalue weighted by molar-refractivity contribution is 5.94. The molecule has 2 amide bonds. The Balaban J connectivity index is 1.42. The predicted molar refractivity (Wildman–Crippen MR) is 106 cm³/mol. The molecule has 0 unspecified atom stereocenters. The fraction of sp³-hybridized carbons (Fsp3) is 0.250. The van der Waals surface area contributed by atoms with Gasteiger partial charge in [0.1, 0.15) is 6.54 Å². The lowest BCUT2D eigenvalue weighted by molar-refractivity contribution is -0.384. The number of nitrogens with zero attached hydrogens (tertiary/aromatic N) is 4. The molecule has 1 saturated heterocycles. The normalized spacial score (nSPS) is 14.1. The minimum absolute atomic E-state index is 0.000976. The van der Waals surface area contributed by atoms with Crippen molar-refractivity contribution < 1.29 is 27.7 Å². The fourth-order valence-corrected chi connectivity index (χ4v) is 3.52. The zero-order valence-corrected chi connectivity index (χ0v) is 16.5. The Morgan fingerprint density at radius 2 is 1.69 bits per heavy atom. The first-order valence-electron chi connectivity index (χ1n) is 9.54. The van der Waals surface area contributed by atoms with E-state index in [0.29, 0.717) is 0 Å². The summed E-state index contributed by atoms with van der Waals surface area (Å²) >= 11 is 0. The third-order valence-electron chi connectivity index (χ3n) is 5.24. The molecule has 32 heavy (non-hydrogen) atoms. The van der Waals surface area contributed by atoms with E-state index in [-0.39, 0.29) is 55.1 Å². The fourth-order valence-electron chi connectivity index (χ4n) is 3.52. The molecule has 3 aromatic rings. The SMILES string of the molecule is O=C(Cn1c(=O)oc2cc([N+](=O)[O-])ccc21)N1CCN(C(=O)c2ccc(F)c(F)c2)CC1. The molecule has 0 bridgehead atoms. The van der Waals surface area contributed by atoms with Crippen LogP contribution >= 0.6 is 0 Å². The molecular weight excluding hydrogens is 430 g/mol. The van der Waals surface area contributed by atoms with Gasteiger partial charge in [0.05, 0.1) is 16.5 Å². The molecule has 1 aliphatic rings. The first kappa shape index (κ1) is 21.2. The summed E-state index contributed by atoms with van der Waals surface area (Å²) in [4.78, 5) is 50.4. The molecule has 0 spiro atoms. The van der Waals surface area contributed by atoms with Crippen molar-refractivity contribution >= 4 is 28.6 Å². The highest BCUT2D eigenvalue weighted by atomic mass is 19.2. The Morgan fingerprint density at radius 3 is 2.34 bits per heavy atom. The number of amides is 2. The average Bonchev–Trinajstić information content (AvgIpc) is 3.09. The van der Waals surface area contributed by atoms with Crippen LogP contribution in [-0.4, -0.2) is 57.3 Å². The predicted octanol–water partition coefficient (Wildman–Crippen LogP) is 1.77. The lowest BCUT2D eigenvalue weighted by Crippen LogP contribution is -2.51. The van der Waals surface area contributed by atoms with Crippen molar-refractivity contribution in [2.45, 2.75) is 6.54 Å². The van der Waals surface area contributed by atoms with Gasteiger partial charge in [0.25, 0.3) is 11.6 Å². The summed E-state index contributed by atoms with van der Waals surface area (Å²) in [5.74, 6) is -3.86. The lowest BCUT2D eigenvalue weighted by atomic mass is 10.1. The van der Waals surface area contributed by atoms with Gasteiger partial charge in [-0.2, -0.15) is 0 Å². The third kappa shape index (κ3) is 3.94. The Morgan fingerprint density at radius 1 is 1.00 bits per heavy atom. The Kier molecular flexibility index (Phi) is 5.43. The number of non-ortho nitro benzene ring substituents is 1. The molecule has 2 aromatic carbocycles. The van der Waals surface area contributed by atoms with Crippen LogP contribution in [-0.2, 0) is 11.3 Å². The maximum Gasteiger partial charge on any atom is 0.420 e. The van der Waals surface area contributed by atoms with Crippen molar-refractivity contribution in [1.29, 1.82) is 0 Å². The second kappa shape index (κ2) is 8.21. The summed E-state index contributed by atoms with van der Waals surface area (Å²) in [6, 6.07) is 6.56. The largest absolute Gasteiger partial charge is 0.420 e. The van der Waals surface area contributed by atoms with Crippen LogP contribution in [0.1, 0.15) is 10.4 Å². The number of piperazine rings is 1. The van der Waals surface area contributed by atoms with Gasteiger partial charge in [-0.25, -0.2) is 13.6 Å². The van der Waals surface area contributed by atoms with Gasteiger partial charge in [-0.15, -0.1) is 0 Å². The molecule has 1 fully saturated rings. The van der Waals surface area contributed by atoms with Crippen LogP contribution in [0.3, 0.4) is 0 Å². The molecule has 0 radical (unpaired) electrons. The van der Waals surface area contributed by atoms with E-state index in [1.54, 1.807) is 0 Å². The van der Waals surface area contributed by atoms with Crippen molar-refractivity contribution in [3.63, 3.8) is 0 Å². The number of oxazole rings is 1. The van der Waals surface area contributed by atoms with E-state index in [1.165, 1.54) is 28.0 Å². The molecule has 0 N–H and O–H groups in total. The van der Waals surface area contributed by atoms with E-state index in [9.17, 15) is 33.3 Å². The van der Waals surface area contributed by atoms with Gasteiger partial charge in [0, 0.05) is 37.8 Å². The minimum atomic E-state index is -1.12. The Bertz CT molecular complexity index is 1290. The van der Waals surface area contributed by atoms with Gasteiger partial charge in [0.15, 0.2) is 17.2 Å². The molecule has 0 atom stereocenters. The number of halogens is 2. The molecular formula is C20H16F2N4O6. The molecule has 4 rings (SSSR count). The number of carbonyl (C=O) groups is 2. The third-order valence-corrected chi connectivity index (χ3v) is 5.24. The topological polar surface area (TPSA) is 119 Å². The highest BCUT2D eigenvalue weighted by Crippen LogP contribution is 2.20. The number of rotatable bonds is 4. The van der Waals surface area contributed by atoms with E-state index in [0.717, 1.165) is 22.8 Å². The molecule has 12 heteroatoms. The number of nitro groups is 1. The molecule has 0 aliphatic carbocycles. The minimum Gasteiger partial charge on any atom is -0.407 e. The molecule has 166 valence electrons. The monoisotopic (exact) mass is 446 g/mol. The zero-order chi connectivity index (χ0) is 23.0. The van der Waals surface area contributed by atoms with Crippen LogP contribution in [0.2, 0.25) is 0 Å². The van der Waals surface area contributed by atoms with Crippen LogP contribution in [0, 0.1) is 21.7 Å². The van der Waals surface area contributed by atoms with E-state index >= 15 is 0 Å². The second-order valence-corrected chi connectivity index (χ2v) is 7.17. The van der Waals surface area contributed by atoms with E-state index in [1.807, 2.05) is 0 Å². The number of hydrogen-bond donors (Lipinski definition) is 0. The van der Waals surface area contributed by atoms with Crippen LogP contribution in [0.4, 0.5) is 14.5 Å². The summed E-state index contributed by atoms with van der Waals surface area (Å²) in [7, 11) is 0. The van der Waals surface area contributed by atoms with Gasteiger partial charge in [0.2, 0.25) is 5.91 Å². The zero-order valence-electron chi connectivity index (χ0n) is 16.5. The van der Waals surface area contributed by atoms with Crippen LogP contribution < -0.4 is 5.76 Å². The lowest BCUT2D eigenvalue weighted by Gasteiger charge is -2.34. The molecule has 1 aliphatic heterocycles. The molecule has 0 saturated carbocycles. The Hall–Kier alpha value is -4.09. The number of aromatic nitrogens is 1. The van der Waals surface area contributed by atoms with Gasteiger partial charge >= 0.3 is 5.76 Å². The average molecular weight is 446 g/mol. The molecule has 10 nitrogen and oxygen atoms in total. The summed E-state index contributed by atoms with van der Waals surface area (Å²) in [6.07, 6.45) is 0. The summed E-state index contributed by atoms with van der Waals surface area (Å²) in [5, 5.41) is 10.9. The number of benzene rings is 2. The van der Waals surface area contributed by atoms with Crippen molar-refractivity contribution in [1.82, 2.24) is 14.4 Å². The maximum atomic E-state index is 13.4. The van der Waals surface area contributed by atoms with Gasteiger partial charge in [-0.1, -0.05) is 0 Å². The number of nitro benzene ring substituents is 1. The smallest absolute Gasteiger partial charge is 0.407 e. The van der Waals surface area contributed by atoms with Crippen LogP contribution in [0.25, 0.3) is 11.1 Å². The van der Waals surface area contributed by atoms with Crippen LogP contribution in [0.15, 0.2) is 45.6 Å². The van der Waals surface area contributed by atoms with Gasteiger partial charge in [-0.05, 0) is 24.3 Å². The van der Waals surface area contributed by atoms with Crippen LogP contribution in [0.5, 0.6) is 0 Å². The van der Waals surface area contributed by atoms with E-state index in [4.69, 9.17) is 4.42 Å². The number of hydrogen-bond acceptors (Lipinski definition) is 6. The summed E-state index contributed by atoms with van der Waals surface area (Å²) in [5.41, 5.74) is 0.0146. The maximum absolute atomic E-state index is 13.4. The quantitative estimate of drug-likeness (QED) is 0.445. The number of fused-ring (bicyclic) bond motifs is 1.